The van der Waals surface area contributed by atoms with Crippen molar-refractivity contribution in [3.8, 4) is 0 Å². The molecule has 2 aliphatic rings. The molecule has 0 atom stereocenters. The monoisotopic (exact) mass is 369 g/mol. The van der Waals surface area contributed by atoms with E-state index in [4.69, 9.17) is 0 Å². The first-order chi connectivity index (χ1) is 12.5. The molecule has 2 rings (SSSR count). The van der Waals surface area contributed by atoms with Gasteiger partial charge in [0, 0.05) is 24.4 Å². The lowest BCUT2D eigenvalue weighted by atomic mass is 9.76. The molecule has 1 aliphatic carbocycles. The standard InChI is InChI=1S/C17H29NO2.3C2H6/c1-4-14-5-7-15(8-6-14)16(20)18-11-9-17(3,10-12-18)13(2)19;3*1-2/h14-15H,4-12H2,1-3H3;3*1-2H3. The maximum absolute atomic E-state index is 12.6. The SMILES string of the molecule is CC.CC.CC.CCC1CCC(C(=O)N2CCC(C)(C(C)=O)CC2)CC1. The number of amides is 1. The van der Waals surface area contributed by atoms with E-state index in [1.54, 1.807) is 6.92 Å². The van der Waals surface area contributed by atoms with Crippen molar-refractivity contribution in [1.29, 1.82) is 0 Å². The molecule has 1 aliphatic heterocycles. The molecule has 2 fully saturated rings. The van der Waals surface area contributed by atoms with E-state index in [1.165, 1.54) is 19.3 Å². The van der Waals surface area contributed by atoms with Crippen molar-refractivity contribution in [2.45, 2.75) is 107 Å². The second kappa shape index (κ2) is 15.2. The smallest absolute Gasteiger partial charge is 0.225 e. The topological polar surface area (TPSA) is 37.4 Å². The Balaban J connectivity index is 0. The lowest BCUT2D eigenvalue weighted by Gasteiger charge is -2.40. The van der Waals surface area contributed by atoms with Gasteiger partial charge in [-0.3, -0.25) is 9.59 Å². The molecule has 0 aromatic carbocycles. The third kappa shape index (κ3) is 8.22. The molecule has 0 bridgehead atoms. The number of hydrogen-bond acceptors (Lipinski definition) is 2. The van der Waals surface area contributed by atoms with Crippen LogP contribution in [0, 0.1) is 17.3 Å². The normalized spacial score (nSPS) is 23.8. The van der Waals surface area contributed by atoms with E-state index < -0.39 is 0 Å². The number of rotatable bonds is 3. The zero-order chi connectivity index (χ0) is 20.8. The summed E-state index contributed by atoms with van der Waals surface area (Å²) in [7, 11) is 0. The van der Waals surface area contributed by atoms with Gasteiger partial charge in [-0.05, 0) is 51.4 Å². The summed E-state index contributed by atoms with van der Waals surface area (Å²) in [6.45, 7) is 19.5. The molecule has 26 heavy (non-hydrogen) atoms. The second-order valence-corrected chi connectivity index (χ2v) is 7.07. The molecule has 3 heteroatoms. The van der Waals surface area contributed by atoms with Gasteiger partial charge in [0.1, 0.15) is 5.78 Å². The van der Waals surface area contributed by atoms with Crippen molar-refractivity contribution in [2.24, 2.45) is 17.3 Å². The number of ketones is 1. The largest absolute Gasteiger partial charge is 0.342 e. The molecule has 1 amide bonds. The first-order valence-electron chi connectivity index (χ1n) is 11.3. The van der Waals surface area contributed by atoms with E-state index in [2.05, 4.69) is 6.92 Å². The van der Waals surface area contributed by atoms with Crippen LogP contribution in [0.4, 0.5) is 0 Å². The molecule has 1 heterocycles. The maximum atomic E-state index is 12.6. The summed E-state index contributed by atoms with van der Waals surface area (Å²) in [4.78, 5) is 26.2. The van der Waals surface area contributed by atoms with Crippen molar-refractivity contribution >= 4 is 11.7 Å². The number of nitrogens with zero attached hydrogens (tertiary/aromatic N) is 1. The van der Waals surface area contributed by atoms with Crippen LogP contribution in [0.3, 0.4) is 0 Å². The minimum atomic E-state index is -0.198. The van der Waals surface area contributed by atoms with Crippen LogP contribution in [0.5, 0.6) is 0 Å². The fourth-order valence-electron chi connectivity index (χ4n) is 3.65. The van der Waals surface area contributed by atoms with Gasteiger partial charge >= 0.3 is 0 Å². The Labute approximate surface area is 164 Å². The van der Waals surface area contributed by atoms with Gasteiger partial charge < -0.3 is 4.90 Å². The van der Waals surface area contributed by atoms with E-state index >= 15 is 0 Å². The number of piperidine rings is 1. The van der Waals surface area contributed by atoms with Crippen LogP contribution in [0.1, 0.15) is 107 Å². The minimum absolute atomic E-state index is 0.198. The zero-order valence-electron chi connectivity index (χ0n) is 19.3. The molecule has 0 aromatic heterocycles. The summed E-state index contributed by atoms with van der Waals surface area (Å²) in [5.41, 5.74) is -0.198. The fraction of sp³-hybridized carbons (Fsp3) is 0.913. The lowest BCUT2D eigenvalue weighted by molar-refractivity contribution is -0.142. The average Bonchev–Trinajstić information content (AvgIpc) is 2.72. The second-order valence-electron chi connectivity index (χ2n) is 7.07. The van der Waals surface area contributed by atoms with Crippen molar-refractivity contribution in [3.63, 3.8) is 0 Å². The van der Waals surface area contributed by atoms with E-state index in [0.29, 0.717) is 5.91 Å². The number of carbonyl (C=O) groups is 2. The van der Waals surface area contributed by atoms with Gasteiger partial charge in [-0.25, -0.2) is 0 Å². The fourth-order valence-corrected chi connectivity index (χ4v) is 3.65. The molecule has 0 spiro atoms. The number of Topliss-reactive ketones (excluding diaryl/α,β-unsaturated/α-hetero) is 1. The molecule has 1 saturated heterocycles. The van der Waals surface area contributed by atoms with E-state index in [1.807, 2.05) is 53.4 Å². The molecule has 3 nitrogen and oxygen atoms in total. The predicted molar refractivity (Wildman–Crippen MR) is 114 cm³/mol. The summed E-state index contributed by atoms with van der Waals surface area (Å²) in [6, 6.07) is 0. The molecular weight excluding hydrogens is 322 g/mol. The average molecular weight is 370 g/mol. The van der Waals surface area contributed by atoms with Gasteiger partial charge in [0.25, 0.3) is 0 Å². The Bertz CT molecular complexity index is 362. The summed E-state index contributed by atoms with van der Waals surface area (Å²) in [6.07, 6.45) is 7.48. The molecule has 0 aromatic rings. The summed E-state index contributed by atoms with van der Waals surface area (Å²) in [5.74, 6) is 1.71. The molecule has 156 valence electrons. The highest BCUT2D eigenvalue weighted by molar-refractivity contribution is 5.83. The quantitative estimate of drug-likeness (QED) is 0.569. The van der Waals surface area contributed by atoms with Gasteiger partial charge in [0.15, 0.2) is 0 Å². The Morgan fingerprint density at radius 1 is 0.885 bits per heavy atom. The first kappa shape index (κ1) is 27.4. The lowest BCUT2D eigenvalue weighted by Crippen LogP contribution is -2.47. The van der Waals surface area contributed by atoms with Crippen LogP contribution in [-0.4, -0.2) is 29.7 Å². The molecular formula is C23H47NO2. The Morgan fingerprint density at radius 2 is 1.31 bits per heavy atom. The highest BCUT2D eigenvalue weighted by Gasteiger charge is 2.37. The Kier molecular flexibility index (Phi) is 16.0. The number of carbonyl (C=O) groups excluding carboxylic acids is 2. The van der Waals surface area contributed by atoms with Crippen molar-refractivity contribution < 1.29 is 9.59 Å². The summed E-state index contributed by atoms with van der Waals surface area (Å²) < 4.78 is 0. The van der Waals surface area contributed by atoms with Crippen LogP contribution >= 0.6 is 0 Å². The van der Waals surface area contributed by atoms with E-state index in [-0.39, 0.29) is 17.1 Å². The zero-order valence-corrected chi connectivity index (χ0v) is 19.3. The maximum Gasteiger partial charge on any atom is 0.225 e. The third-order valence-corrected chi connectivity index (χ3v) is 5.80. The summed E-state index contributed by atoms with van der Waals surface area (Å²) in [5, 5.41) is 0. The molecule has 0 N–H and O–H groups in total. The van der Waals surface area contributed by atoms with Crippen molar-refractivity contribution in [1.82, 2.24) is 4.90 Å². The van der Waals surface area contributed by atoms with Gasteiger partial charge in [0.05, 0.1) is 0 Å². The van der Waals surface area contributed by atoms with Gasteiger partial charge in [-0.15, -0.1) is 0 Å². The van der Waals surface area contributed by atoms with Crippen molar-refractivity contribution in [2.75, 3.05) is 13.1 Å². The van der Waals surface area contributed by atoms with Gasteiger partial charge in [-0.1, -0.05) is 61.8 Å². The van der Waals surface area contributed by atoms with E-state index in [0.717, 1.165) is 44.7 Å². The highest BCUT2D eigenvalue weighted by Crippen LogP contribution is 2.35. The number of likely N-dealkylation sites (tertiary alicyclic amines) is 1. The van der Waals surface area contributed by atoms with Gasteiger partial charge in [-0.2, -0.15) is 0 Å². The van der Waals surface area contributed by atoms with E-state index in [9.17, 15) is 9.59 Å². The molecule has 0 radical (unpaired) electrons. The van der Waals surface area contributed by atoms with Crippen molar-refractivity contribution in [3.05, 3.63) is 0 Å². The summed E-state index contributed by atoms with van der Waals surface area (Å²) >= 11 is 0. The first-order valence-corrected chi connectivity index (χ1v) is 11.3. The van der Waals surface area contributed by atoms with Crippen LogP contribution in [0.15, 0.2) is 0 Å². The third-order valence-electron chi connectivity index (χ3n) is 5.80. The van der Waals surface area contributed by atoms with Crippen LogP contribution in [-0.2, 0) is 9.59 Å². The molecule has 0 unspecified atom stereocenters. The van der Waals surface area contributed by atoms with Crippen LogP contribution in [0.25, 0.3) is 0 Å². The highest BCUT2D eigenvalue weighted by atomic mass is 16.2. The predicted octanol–water partition coefficient (Wildman–Crippen LogP) is 6.50. The van der Waals surface area contributed by atoms with Gasteiger partial charge in [0.2, 0.25) is 5.91 Å². The number of hydrogen-bond donors (Lipinski definition) is 0. The Morgan fingerprint density at radius 3 is 1.65 bits per heavy atom. The Hall–Kier alpha value is -0.860. The van der Waals surface area contributed by atoms with Crippen LogP contribution in [0.2, 0.25) is 0 Å². The van der Waals surface area contributed by atoms with Crippen LogP contribution < -0.4 is 0 Å². The minimum Gasteiger partial charge on any atom is -0.342 e. The molecule has 1 saturated carbocycles.